The summed E-state index contributed by atoms with van der Waals surface area (Å²) in [7, 11) is 1.54. The lowest BCUT2D eigenvalue weighted by Crippen LogP contribution is -2.42. The van der Waals surface area contributed by atoms with Crippen molar-refractivity contribution in [3.8, 4) is 0 Å². The molecule has 8 heteroatoms. The Morgan fingerprint density at radius 1 is 1.56 bits per heavy atom. The summed E-state index contributed by atoms with van der Waals surface area (Å²) in [5, 5.41) is 2.28. The summed E-state index contributed by atoms with van der Waals surface area (Å²) in [4.78, 5) is 3.75. The summed E-state index contributed by atoms with van der Waals surface area (Å²) in [6, 6.07) is -0.943. The third-order valence-corrected chi connectivity index (χ3v) is 3.54. The van der Waals surface area contributed by atoms with Crippen LogP contribution < -0.4 is 5.73 Å². The minimum absolute atomic E-state index is 0.214. The minimum atomic E-state index is -4.34. The van der Waals surface area contributed by atoms with E-state index in [9.17, 15) is 13.2 Å². The van der Waals surface area contributed by atoms with Crippen molar-refractivity contribution < 1.29 is 13.2 Å². The zero-order valence-corrected chi connectivity index (χ0v) is 9.72. The van der Waals surface area contributed by atoms with Crippen LogP contribution in [0.15, 0.2) is 11.5 Å². The molecule has 0 saturated carbocycles. The molecular weight excluding hydrogens is 241 g/mol. The number of aromatic nitrogens is 3. The summed E-state index contributed by atoms with van der Waals surface area (Å²) in [5.74, 6) is 0. The van der Waals surface area contributed by atoms with Gasteiger partial charge >= 0.3 is 6.18 Å². The van der Waals surface area contributed by atoms with Gasteiger partial charge in [0.25, 0.3) is 0 Å². The summed E-state index contributed by atoms with van der Waals surface area (Å²) in [5.41, 5.74) is 5.47. The highest BCUT2D eigenvalue weighted by molar-refractivity contribution is 7.99. The van der Waals surface area contributed by atoms with Gasteiger partial charge in [0.2, 0.25) is 0 Å². The van der Waals surface area contributed by atoms with Crippen LogP contribution in [-0.2, 0) is 7.05 Å². The number of nitrogens with zero attached hydrogens (tertiary/aromatic N) is 3. The van der Waals surface area contributed by atoms with Crippen molar-refractivity contribution >= 4 is 11.8 Å². The van der Waals surface area contributed by atoms with E-state index in [-0.39, 0.29) is 11.6 Å². The smallest absolute Gasteiger partial charge is 0.326 e. The van der Waals surface area contributed by atoms with Crippen molar-refractivity contribution in [2.75, 3.05) is 0 Å². The number of thioether (sulfide) groups is 1. The molecule has 0 aliphatic rings. The molecule has 16 heavy (non-hydrogen) atoms. The normalized spacial score (nSPS) is 16.1. The SMILES string of the molecule is CCC(N)C(Sc1ncnn1C)C(F)(F)F. The maximum absolute atomic E-state index is 12.7. The molecule has 1 aromatic rings. The van der Waals surface area contributed by atoms with E-state index in [0.717, 1.165) is 0 Å². The van der Waals surface area contributed by atoms with Crippen molar-refractivity contribution in [3.63, 3.8) is 0 Å². The molecule has 0 amide bonds. The number of nitrogens with two attached hydrogens (primary N) is 1. The van der Waals surface area contributed by atoms with Gasteiger partial charge in [-0.15, -0.1) is 0 Å². The first-order chi connectivity index (χ1) is 7.36. The third kappa shape index (κ3) is 3.11. The van der Waals surface area contributed by atoms with Gasteiger partial charge in [0.1, 0.15) is 11.6 Å². The second kappa shape index (κ2) is 5.05. The summed E-state index contributed by atoms with van der Waals surface area (Å²) < 4.78 is 39.5. The number of halogens is 3. The zero-order valence-electron chi connectivity index (χ0n) is 8.90. The molecule has 2 N–H and O–H groups in total. The molecule has 0 saturated heterocycles. The van der Waals surface area contributed by atoms with Crippen LogP contribution in [0.2, 0.25) is 0 Å². The van der Waals surface area contributed by atoms with Crippen molar-refractivity contribution in [3.05, 3.63) is 6.33 Å². The molecule has 0 bridgehead atoms. The highest BCUT2D eigenvalue weighted by Gasteiger charge is 2.44. The second-order valence-corrected chi connectivity index (χ2v) is 4.43. The maximum Gasteiger partial charge on any atom is 0.402 e. The standard InChI is InChI=1S/C8H13F3N4S/c1-3-5(12)6(8(9,10)11)16-7-13-4-14-15(7)2/h4-6H,3,12H2,1-2H3. The molecule has 0 radical (unpaired) electrons. The first-order valence-electron chi connectivity index (χ1n) is 4.69. The summed E-state index contributed by atoms with van der Waals surface area (Å²) in [6.45, 7) is 1.63. The van der Waals surface area contributed by atoms with Crippen LogP contribution in [0, 0.1) is 0 Å². The minimum Gasteiger partial charge on any atom is -0.326 e. The monoisotopic (exact) mass is 254 g/mol. The van der Waals surface area contributed by atoms with E-state index in [0.29, 0.717) is 11.8 Å². The molecule has 0 spiro atoms. The van der Waals surface area contributed by atoms with Crippen LogP contribution in [0.1, 0.15) is 13.3 Å². The van der Waals surface area contributed by atoms with Gasteiger partial charge in [0.15, 0.2) is 5.16 Å². The van der Waals surface area contributed by atoms with E-state index in [1.165, 1.54) is 11.0 Å². The largest absolute Gasteiger partial charge is 0.402 e. The Bertz CT molecular complexity index is 338. The molecule has 1 aromatic heterocycles. The van der Waals surface area contributed by atoms with Crippen LogP contribution >= 0.6 is 11.8 Å². The highest BCUT2D eigenvalue weighted by Crippen LogP contribution is 2.36. The predicted molar refractivity (Wildman–Crippen MR) is 55.0 cm³/mol. The summed E-state index contributed by atoms with van der Waals surface area (Å²) >= 11 is 0.601. The van der Waals surface area contributed by atoms with Gasteiger partial charge in [0.05, 0.1) is 0 Å². The van der Waals surface area contributed by atoms with Gasteiger partial charge in [0, 0.05) is 13.1 Å². The number of alkyl halides is 3. The van der Waals surface area contributed by atoms with Gasteiger partial charge in [-0.25, -0.2) is 9.67 Å². The lowest BCUT2D eigenvalue weighted by Gasteiger charge is -2.24. The van der Waals surface area contributed by atoms with E-state index in [4.69, 9.17) is 5.73 Å². The number of hydrogen-bond donors (Lipinski definition) is 1. The second-order valence-electron chi connectivity index (χ2n) is 3.32. The summed E-state index contributed by atoms with van der Waals surface area (Å²) in [6.07, 6.45) is -2.87. The van der Waals surface area contributed by atoms with Gasteiger partial charge in [-0.1, -0.05) is 18.7 Å². The molecule has 1 rings (SSSR count). The lowest BCUT2D eigenvalue weighted by molar-refractivity contribution is -0.132. The molecular formula is C8H13F3N4S. The Balaban J connectivity index is 2.84. The van der Waals surface area contributed by atoms with E-state index in [1.54, 1.807) is 14.0 Å². The maximum atomic E-state index is 12.7. The van der Waals surface area contributed by atoms with Gasteiger partial charge in [-0.3, -0.25) is 0 Å². The van der Waals surface area contributed by atoms with E-state index in [2.05, 4.69) is 10.1 Å². The Labute approximate surface area is 95.4 Å². The molecule has 4 nitrogen and oxygen atoms in total. The quantitative estimate of drug-likeness (QED) is 0.829. The molecule has 1 heterocycles. The van der Waals surface area contributed by atoms with Gasteiger partial charge < -0.3 is 5.73 Å². The van der Waals surface area contributed by atoms with Crippen molar-refractivity contribution in [2.24, 2.45) is 12.8 Å². The molecule has 0 fully saturated rings. The Morgan fingerprint density at radius 2 is 2.19 bits per heavy atom. The molecule has 2 atom stereocenters. The topological polar surface area (TPSA) is 56.7 Å². The molecule has 92 valence electrons. The zero-order chi connectivity index (χ0) is 12.3. The molecule has 0 aliphatic carbocycles. The highest BCUT2D eigenvalue weighted by atomic mass is 32.2. The fourth-order valence-corrected chi connectivity index (χ4v) is 2.15. The first-order valence-corrected chi connectivity index (χ1v) is 5.57. The number of rotatable bonds is 4. The molecule has 0 aromatic carbocycles. The third-order valence-electron chi connectivity index (χ3n) is 2.09. The Morgan fingerprint density at radius 3 is 2.56 bits per heavy atom. The average molecular weight is 254 g/mol. The number of aryl methyl sites for hydroxylation is 1. The van der Waals surface area contributed by atoms with Gasteiger partial charge in [-0.2, -0.15) is 18.3 Å². The molecule has 2 unspecified atom stereocenters. The van der Waals surface area contributed by atoms with Crippen molar-refractivity contribution in [1.29, 1.82) is 0 Å². The number of hydrogen-bond acceptors (Lipinski definition) is 4. The van der Waals surface area contributed by atoms with Crippen LogP contribution in [0.5, 0.6) is 0 Å². The van der Waals surface area contributed by atoms with Crippen molar-refractivity contribution in [1.82, 2.24) is 14.8 Å². The first kappa shape index (κ1) is 13.3. The van der Waals surface area contributed by atoms with E-state index in [1.807, 2.05) is 0 Å². The van der Waals surface area contributed by atoms with Crippen LogP contribution in [0.25, 0.3) is 0 Å². The lowest BCUT2D eigenvalue weighted by atomic mass is 10.1. The predicted octanol–water partition coefficient (Wildman–Crippen LogP) is 1.58. The van der Waals surface area contributed by atoms with Crippen molar-refractivity contribution in [2.45, 2.75) is 36.0 Å². The molecule has 0 aliphatic heterocycles. The Hall–Kier alpha value is -0.760. The van der Waals surface area contributed by atoms with E-state index >= 15 is 0 Å². The van der Waals surface area contributed by atoms with E-state index < -0.39 is 17.5 Å². The van der Waals surface area contributed by atoms with Crippen LogP contribution in [-0.4, -0.2) is 32.2 Å². The fraction of sp³-hybridized carbons (Fsp3) is 0.750. The van der Waals surface area contributed by atoms with Gasteiger partial charge in [-0.05, 0) is 6.42 Å². The van der Waals surface area contributed by atoms with Crippen LogP contribution in [0.3, 0.4) is 0 Å². The fourth-order valence-electron chi connectivity index (χ4n) is 1.12. The average Bonchev–Trinajstić information content (AvgIpc) is 2.57. The van der Waals surface area contributed by atoms with Crippen LogP contribution in [0.4, 0.5) is 13.2 Å². The Kier molecular flexibility index (Phi) is 4.20.